The van der Waals surface area contributed by atoms with E-state index in [1.165, 1.54) is 11.3 Å². The van der Waals surface area contributed by atoms with E-state index < -0.39 is 0 Å². The zero-order valence-electron chi connectivity index (χ0n) is 10.3. The summed E-state index contributed by atoms with van der Waals surface area (Å²) in [5, 5.41) is 0. The highest BCUT2D eigenvalue weighted by Gasteiger charge is 2.51. The maximum atomic E-state index is 12.5. The Morgan fingerprint density at radius 2 is 2.06 bits per heavy atom. The van der Waals surface area contributed by atoms with Crippen molar-refractivity contribution in [2.24, 2.45) is 5.41 Å². The second-order valence-electron chi connectivity index (χ2n) is 5.34. The molecular formula is C13H17N3O2. The average molecular weight is 247 g/mol. The SMILES string of the molecule is O=C1CC2(CCCCC2)C(=O)N1Cc1ncc[nH]1. The quantitative estimate of drug-likeness (QED) is 0.807. The van der Waals surface area contributed by atoms with Crippen LogP contribution in [0, 0.1) is 5.41 Å². The highest BCUT2D eigenvalue weighted by molar-refractivity contribution is 6.05. The number of aromatic nitrogens is 2. The van der Waals surface area contributed by atoms with Crippen LogP contribution in [0.25, 0.3) is 0 Å². The third kappa shape index (κ3) is 1.74. The molecule has 0 unspecified atom stereocenters. The number of amides is 2. The maximum absolute atomic E-state index is 12.5. The predicted molar refractivity (Wildman–Crippen MR) is 64.3 cm³/mol. The number of hydrogen-bond donors (Lipinski definition) is 1. The van der Waals surface area contributed by atoms with Crippen LogP contribution >= 0.6 is 0 Å². The molecule has 5 heteroatoms. The normalized spacial score (nSPS) is 23.0. The number of H-pyrrole nitrogens is 1. The largest absolute Gasteiger partial charge is 0.347 e. The first kappa shape index (κ1) is 11.4. The highest BCUT2D eigenvalue weighted by atomic mass is 16.2. The first-order valence-corrected chi connectivity index (χ1v) is 6.54. The number of aromatic amines is 1. The van der Waals surface area contributed by atoms with Gasteiger partial charge in [-0.1, -0.05) is 19.3 Å². The highest BCUT2D eigenvalue weighted by Crippen LogP contribution is 2.45. The number of carbonyl (C=O) groups is 2. The fraction of sp³-hybridized carbons (Fsp3) is 0.615. The van der Waals surface area contributed by atoms with Gasteiger partial charge in [0, 0.05) is 18.8 Å². The van der Waals surface area contributed by atoms with Crippen molar-refractivity contribution in [1.29, 1.82) is 0 Å². The molecule has 0 aromatic carbocycles. The third-order valence-electron chi connectivity index (χ3n) is 4.16. The van der Waals surface area contributed by atoms with E-state index in [-0.39, 0.29) is 23.8 Å². The van der Waals surface area contributed by atoms with E-state index in [2.05, 4.69) is 9.97 Å². The Hall–Kier alpha value is -1.65. The Morgan fingerprint density at radius 1 is 1.28 bits per heavy atom. The Morgan fingerprint density at radius 3 is 2.72 bits per heavy atom. The molecule has 0 bridgehead atoms. The molecule has 18 heavy (non-hydrogen) atoms. The molecule has 2 heterocycles. The monoisotopic (exact) mass is 247 g/mol. The van der Waals surface area contributed by atoms with Gasteiger partial charge in [-0.2, -0.15) is 0 Å². The summed E-state index contributed by atoms with van der Waals surface area (Å²) in [6, 6.07) is 0. The van der Waals surface area contributed by atoms with Gasteiger partial charge in [0.15, 0.2) is 0 Å². The van der Waals surface area contributed by atoms with Crippen LogP contribution in [0.1, 0.15) is 44.3 Å². The number of carbonyl (C=O) groups excluding carboxylic acids is 2. The topological polar surface area (TPSA) is 66.1 Å². The number of nitrogens with zero attached hydrogens (tertiary/aromatic N) is 2. The lowest BCUT2D eigenvalue weighted by molar-refractivity contribution is -0.143. The van der Waals surface area contributed by atoms with Crippen LogP contribution in [0.5, 0.6) is 0 Å². The summed E-state index contributed by atoms with van der Waals surface area (Å²) in [6.07, 6.45) is 8.78. The molecule has 1 aliphatic heterocycles. The summed E-state index contributed by atoms with van der Waals surface area (Å²) in [6.45, 7) is 0.284. The fourth-order valence-electron chi connectivity index (χ4n) is 3.17. The molecule has 1 spiro atoms. The zero-order valence-corrected chi connectivity index (χ0v) is 10.3. The molecule has 1 aromatic rings. The summed E-state index contributed by atoms with van der Waals surface area (Å²) in [5.74, 6) is 0.645. The summed E-state index contributed by atoms with van der Waals surface area (Å²) in [5.41, 5.74) is -0.387. The van der Waals surface area contributed by atoms with Crippen molar-refractivity contribution in [3.8, 4) is 0 Å². The summed E-state index contributed by atoms with van der Waals surface area (Å²) >= 11 is 0. The third-order valence-corrected chi connectivity index (χ3v) is 4.16. The minimum atomic E-state index is -0.387. The van der Waals surface area contributed by atoms with Gasteiger partial charge in [-0.3, -0.25) is 14.5 Å². The summed E-state index contributed by atoms with van der Waals surface area (Å²) in [7, 11) is 0. The lowest BCUT2D eigenvalue weighted by atomic mass is 9.73. The van der Waals surface area contributed by atoms with Gasteiger partial charge in [-0.15, -0.1) is 0 Å². The van der Waals surface area contributed by atoms with Gasteiger partial charge >= 0.3 is 0 Å². The van der Waals surface area contributed by atoms with Crippen LogP contribution in [-0.2, 0) is 16.1 Å². The molecule has 1 aliphatic carbocycles. The van der Waals surface area contributed by atoms with E-state index in [0.717, 1.165) is 25.7 Å². The summed E-state index contributed by atoms with van der Waals surface area (Å²) < 4.78 is 0. The average Bonchev–Trinajstić information content (AvgIpc) is 2.95. The number of rotatable bonds is 2. The van der Waals surface area contributed by atoms with Gasteiger partial charge < -0.3 is 4.98 Å². The summed E-state index contributed by atoms with van der Waals surface area (Å²) in [4.78, 5) is 32.9. The lowest BCUT2D eigenvalue weighted by Crippen LogP contribution is -2.36. The Kier molecular flexibility index (Phi) is 2.69. The molecule has 2 fully saturated rings. The van der Waals surface area contributed by atoms with Crippen molar-refractivity contribution in [2.75, 3.05) is 0 Å². The van der Waals surface area contributed by atoms with Gasteiger partial charge in [0.05, 0.1) is 12.0 Å². The van der Waals surface area contributed by atoms with Gasteiger partial charge in [-0.05, 0) is 12.8 Å². The predicted octanol–water partition coefficient (Wildman–Crippen LogP) is 1.62. The molecule has 2 aliphatic rings. The molecule has 0 atom stereocenters. The molecule has 1 N–H and O–H groups in total. The van der Waals surface area contributed by atoms with Crippen molar-refractivity contribution in [3.63, 3.8) is 0 Å². The van der Waals surface area contributed by atoms with E-state index >= 15 is 0 Å². The van der Waals surface area contributed by atoms with E-state index in [1.807, 2.05) is 0 Å². The Labute approximate surface area is 106 Å². The molecular weight excluding hydrogens is 230 g/mol. The van der Waals surface area contributed by atoms with E-state index in [1.54, 1.807) is 12.4 Å². The van der Waals surface area contributed by atoms with E-state index in [9.17, 15) is 9.59 Å². The minimum Gasteiger partial charge on any atom is -0.347 e. The van der Waals surface area contributed by atoms with Crippen LogP contribution in [0.3, 0.4) is 0 Å². The van der Waals surface area contributed by atoms with E-state index in [0.29, 0.717) is 12.2 Å². The molecule has 0 radical (unpaired) electrons. The molecule has 3 rings (SSSR count). The van der Waals surface area contributed by atoms with Gasteiger partial charge in [0.1, 0.15) is 5.82 Å². The smallest absolute Gasteiger partial charge is 0.236 e. The van der Waals surface area contributed by atoms with Gasteiger partial charge in [-0.25, -0.2) is 4.98 Å². The second kappa shape index (κ2) is 4.23. The fourth-order valence-corrected chi connectivity index (χ4v) is 3.17. The van der Waals surface area contributed by atoms with Crippen molar-refractivity contribution in [1.82, 2.24) is 14.9 Å². The molecule has 1 saturated heterocycles. The van der Waals surface area contributed by atoms with Crippen LogP contribution in [-0.4, -0.2) is 26.7 Å². The van der Waals surface area contributed by atoms with Crippen LogP contribution in [0.2, 0.25) is 0 Å². The van der Waals surface area contributed by atoms with Crippen LogP contribution in [0.4, 0.5) is 0 Å². The molecule has 5 nitrogen and oxygen atoms in total. The van der Waals surface area contributed by atoms with Gasteiger partial charge in [0.2, 0.25) is 11.8 Å². The van der Waals surface area contributed by atoms with Crippen molar-refractivity contribution < 1.29 is 9.59 Å². The zero-order chi connectivity index (χ0) is 12.6. The maximum Gasteiger partial charge on any atom is 0.236 e. The second-order valence-corrected chi connectivity index (χ2v) is 5.34. The Bertz CT molecular complexity index is 461. The Balaban J connectivity index is 1.80. The molecule has 2 amide bonds. The first-order valence-electron chi connectivity index (χ1n) is 6.54. The number of likely N-dealkylation sites (tertiary alicyclic amines) is 1. The standard InChI is InChI=1S/C13H17N3O2/c17-11-8-13(4-2-1-3-5-13)12(18)16(11)9-10-14-6-7-15-10/h6-7H,1-5,8-9H2,(H,14,15). The molecule has 1 aromatic heterocycles. The van der Waals surface area contributed by atoms with Crippen molar-refractivity contribution in [3.05, 3.63) is 18.2 Å². The van der Waals surface area contributed by atoms with Crippen LogP contribution < -0.4 is 0 Å². The molecule has 96 valence electrons. The minimum absolute atomic E-state index is 0.0172. The van der Waals surface area contributed by atoms with Crippen LogP contribution in [0.15, 0.2) is 12.4 Å². The number of nitrogens with one attached hydrogen (secondary N) is 1. The lowest BCUT2D eigenvalue weighted by Gasteiger charge is -2.30. The number of hydrogen-bond acceptors (Lipinski definition) is 3. The number of imidazole rings is 1. The number of imide groups is 1. The van der Waals surface area contributed by atoms with Crippen molar-refractivity contribution in [2.45, 2.75) is 45.1 Å². The van der Waals surface area contributed by atoms with Gasteiger partial charge in [0.25, 0.3) is 0 Å². The van der Waals surface area contributed by atoms with Crippen molar-refractivity contribution >= 4 is 11.8 Å². The first-order chi connectivity index (χ1) is 8.71. The van der Waals surface area contributed by atoms with E-state index in [4.69, 9.17) is 0 Å². The molecule has 1 saturated carbocycles.